The fourth-order valence-electron chi connectivity index (χ4n) is 10.2. The van der Waals surface area contributed by atoms with Gasteiger partial charge in [0.25, 0.3) is 0 Å². The van der Waals surface area contributed by atoms with Gasteiger partial charge < -0.3 is 19.3 Å². The average Bonchev–Trinajstić information content (AvgIpc) is 3.89. The number of anilines is 7. The van der Waals surface area contributed by atoms with Crippen LogP contribution in [0.2, 0.25) is 0 Å². The molecule has 0 radical (unpaired) electrons. The number of aromatic nitrogens is 1. The first kappa shape index (κ1) is 39.3. The number of aryl methyl sites for hydroxylation is 2. The number of rotatable bonds is 9. The van der Waals surface area contributed by atoms with Crippen LogP contribution in [-0.4, -0.2) is 4.57 Å². The van der Waals surface area contributed by atoms with E-state index in [-0.39, 0.29) is 5.92 Å². The van der Waals surface area contributed by atoms with Gasteiger partial charge in [-0.3, -0.25) is 0 Å². The van der Waals surface area contributed by atoms with Crippen molar-refractivity contribution in [1.82, 2.24) is 4.57 Å². The zero-order valence-corrected chi connectivity index (χ0v) is 37.1. The average molecular weight is 849 g/mol. The van der Waals surface area contributed by atoms with Crippen molar-refractivity contribution < 1.29 is 0 Å². The van der Waals surface area contributed by atoms with Gasteiger partial charge in [0.05, 0.1) is 11.0 Å². The number of benzene rings is 9. The lowest BCUT2D eigenvalue weighted by Gasteiger charge is -2.33. The monoisotopic (exact) mass is 848 g/mol. The minimum Gasteiger partial charge on any atom is -0.314 e. The summed E-state index contributed by atoms with van der Waals surface area (Å²) < 4.78 is 2.37. The molecular weight excluding hydrogens is 801 g/mol. The van der Waals surface area contributed by atoms with Crippen molar-refractivity contribution >= 4 is 61.6 Å². The van der Waals surface area contributed by atoms with E-state index in [2.05, 4.69) is 270 Å². The molecule has 0 saturated heterocycles. The number of allylic oxidation sites excluding steroid dienone is 4. The Labute approximate surface area is 386 Å². The molecule has 4 heteroatoms. The Hall–Kier alpha value is -8.34. The summed E-state index contributed by atoms with van der Waals surface area (Å²) in [6.45, 7) is 4.30. The first-order valence-corrected chi connectivity index (χ1v) is 22.9. The van der Waals surface area contributed by atoms with Crippen LogP contribution in [0.15, 0.2) is 248 Å². The quantitative estimate of drug-likeness (QED) is 0.144. The van der Waals surface area contributed by atoms with Crippen molar-refractivity contribution in [3.8, 4) is 16.8 Å². The third-order valence-corrected chi connectivity index (χ3v) is 13.4. The van der Waals surface area contributed by atoms with E-state index in [1.807, 2.05) is 0 Å². The highest BCUT2D eigenvalue weighted by Crippen LogP contribution is 2.53. The summed E-state index contributed by atoms with van der Waals surface area (Å²) in [6, 6.07) is 81.8. The molecule has 1 aliphatic heterocycles. The number of hydrogen-bond donors (Lipinski definition) is 0. The summed E-state index contributed by atoms with van der Waals surface area (Å²) in [4.78, 5) is 7.26. The smallest absolute Gasteiger partial charge is 0.0542 e. The molecule has 10 aromatic rings. The number of para-hydroxylation sites is 4. The summed E-state index contributed by atoms with van der Waals surface area (Å²) in [6.07, 6.45) is 5.57. The Morgan fingerprint density at radius 2 is 0.909 bits per heavy atom. The van der Waals surface area contributed by atoms with Gasteiger partial charge in [-0.05, 0) is 146 Å². The molecular formula is C62H48N4. The molecule has 0 N–H and O–H groups in total. The molecule has 1 unspecified atom stereocenters. The van der Waals surface area contributed by atoms with Crippen LogP contribution in [0.1, 0.15) is 29.0 Å². The Balaban J connectivity index is 0.885. The lowest BCUT2D eigenvalue weighted by Crippen LogP contribution is -2.22. The van der Waals surface area contributed by atoms with Gasteiger partial charge in [0.15, 0.2) is 0 Å². The second kappa shape index (κ2) is 16.3. The molecule has 2 heterocycles. The standard InChI is InChI=1S/C62H48N4/c1-43-21-29-49(30-22-43)63(53-37-39-61-57(41-53)55-17-9-11-19-59(55)65(61)47-13-5-3-6-14-47)51-33-25-45(26-34-51)46-27-35-52(36-28-46)64(50-31-23-44(2)24-32-50)54-38-40-62-58(42-54)56-18-10-12-20-60(56)66(62)48-15-7-4-8-16-48/h3-41,58H,42H2,1-2H3. The Morgan fingerprint density at radius 1 is 0.409 bits per heavy atom. The van der Waals surface area contributed by atoms with Gasteiger partial charge in [0.2, 0.25) is 0 Å². The lowest BCUT2D eigenvalue weighted by atomic mass is 9.89. The first-order chi connectivity index (χ1) is 32.6. The minimum atomic E-state index is 0.253. The largest absolute Gasteiger partial charge is 0.314 e. The molecule has 0 fully saturated rings. The third-order valence-electron chi connectivity index (χ3n) is 13.4. The summed E-state index contributed by atoms with van der Waals surface area (Å²) >= 11 is 0. The molecule has 1 aromatic heterocycles. The second-order valence-electron chi connectivity index (χ2n) is 17.6. The van der Waals surface area contributed by atoms with Gasteiger partial charge in [0, 0.05) is 80.0 Å². The maximum Gasteiger partial charge on any atom is 0.0542 e. The van der Waals surface area contributed by atoms with E-state index < -0.39 is 0 Å². The van der Waals surface area contributed by atoms with Crippen molar-refractivity contribution in [3.63, 3.8) is 0 Å². The molecule has 12 rings (SSSR count). The van der Waals surface area contributed by atoms with Crippen molar-refractivity contribution in [2.75, 3.05) is 14.7 Å². The highest BCUT2D eigenvalue weighted by atomic mass is 15.2. The molecule has 9 aromatic carbocycles. The predicted octanol–water partition coefficient (Wildman–Crippen LogP) is 16.8. The van der Waals surface area contributed by atoms with Gasteiger partial charge in [0.1, 0.15) is 0 Å². The Kier molecular flexibility index (Phi) is 9.72. The highest BCUT2D eigenvalue weighted by Gasteiger charge is 2.37. The van der Waals surface area contributed by atoms with Crippen LogP contribution in [0.25, 0.3) is 38.6 Å². The van der Waals surface area contributed by atoms with Crippen molar-refractivity contribution in [1.29, 1.82) is 0 Å². The molecule has 0 bridgehead atoms. The number of fused-ring (bicyclic) bond motifs is 6. The second-order valence-corrected chi connectivity index (χ2v) is 17.6. The molecule has 0 amide bonds. The molecule has 0 spiro atoms. The molecule has 0 saturated carbocycles. The van der Waals surface area contributed by atoms with Crippen molar-refractivity contribution in [2.45, 2.75) is 26.2 Å². The molecule has 4 nitrogen and oxygen atoms in total. The van der Waals surface area contributed by atoms with Crippen LogP contribution in [0.5, 0.6) is 0 Å². The molecule has 1 atom stereocenters. The van der Waals surface area contributed by atoms with E-state index >= 15 is 0 Å². The van der Waals surface area contributed by atoms with Crippen molar-refractivity contribution in [2.24, 2.45) is 0 Å². The van der Waals surface area contributed by atoms with Crippen LogP contribution < -0.4 is 14.7 Å². The van der Waals surface area contributed by atoms with Gasteiger partial charge in [-0.25, -0.2) is 0 Å². The Bertz CT molecular complexity index is 3440. The van der Waals surface area contributed by atoms with Gasteiger partial charge in [-0.1, -0.05) is 132 Å². The van der Waals surface area contributed by atoms with Gasteiger partial charge >= 0.3 is 0 Å². The zero-order chi connectivity index (χ0) is 44.1. The van der Waals surface area contributed by atoms with Crippen molar-refractivity contribution in [3.05, 3.63) is 265 Å². The molecule has 316 valence electrons. The third kappa shape index (κ3) is 6.86. The fraction of sp³-hybridized carbons (Fsp3) is 0.0645. The molecule has 1 aliphatic carbocycles. The number of hydrogen-bond acceptors (Lipinski definition) is 3. The van der Waals surface area contributed by atoms with Crippen LogP contribution >= 0.6 is 0 Å². The normalized spacial score (nSPS) is 14.2. The van der Waals surface area contributed by atoms with E-state index in [9.17, 15) is 0 Å². The number of nitrogens with zero attached hydrogens (tertiary/aromatic N) is 4. The molecule has 66 heavy (non-hydrogen) atoms. The molecule has 2 aliphatic rings. The Morgan fingerprint density at radius 3 is 1.55 bits per heavy atom. The summed E-state index contributed by atoms with van der Waals surface area (Å²) in [5.74, 6) is 0.253. The zero-order valence-electron chi connectivity index (χ0n) is 37.1. The summed E-state index contributed by atoms with van der Waals surface area (Å²) in [7, 11) is 0. The first-order valence-electron chi connectivity index (χ1n) is 22.9. The topological polar surface area (TPSA) is 14.7 Å². The van der Waals surface area contributed by atoms with Crippen LogP contribution in [0.4, 0.5) is 39.8 Å². The van der Waals surface area contributed by atoms with E-state index in [4.69, 9.17) is 0 Å². The van der Waals surface area contributed by atoms with E-state index in [0.29, 0.717) is 0 Å². The summed E-state index contributed by atoms with van der Waals surface area (Å²) in [5.41, 5.74) is 20.4. The minimum absolute atomic E-state index is 0.253. The maximum atomic E-state index is 2.45. The van der Waals surface area contributed by atoms with E-state index in [1.165, 1.54) is 72.4 Å². The maximum absolute atomic E-state index is 2.45. The predicted molar refractivity (Wildman–Crippen MR) is 278 cm³/mol. The summed E-state index contributed by atoms with van der Waals surface area (Å²) in [5, 5.41) is 2.46. The highest BCUT2D eigenvalue weighted by molar-refractivity contribution is 6.10. The van der Waals surface area contributed by atoms with Crippen LogP contribution in [-0.2, 0) is 0 Å². The fourth-order valence-corrected chi connectivity index (χ4v) is 10.2. The van der Waals surface area contributed by atoms with E-state index in [0.717, 1.165) is 40.5 Å². The van der Waals surface area contributed by atoms with Crippen LogP contribution in [0, 0.1) is 13.8 Å². The lowest BCUT2D eigenvalue weighted by molar-refractivity contribution is 0.768. The van der Waals surface area contributed by atoms with Gasteiger partial charge in [-0.2, -0.15) is 0 Å². The van der Waals surface area contributed by atoms with Crippen LogP contribution in [0.3, 0.4) is 0 Å². The SMILES string of the molecule is Cc1ccc(N(C2=CC=C3C(C2)c2ccccc2N3c2ccccc2)c2ccc(-c3ccc(N(c4ccc(C)cc4)c4ccc5c(c4)c4ccccc4n5-c4ccccc4)cc3)cc2)cc1. The van der Waals surface area contributed by atoms with E-state index in [1.54, 1.807) is 0 Å². The van der Waals surface area contributed by atoms with Gasteiger partial charge in [-0.15, -0.1) is 0 Å².